The molecule has 1 fully saturated rings. The van der Waals surface area contributed by atoms with Gasteiger partial charge in [0, 0.05) is 55.8 Å². The summed E-state index contributed by atoms with van der Waals surface area (Å²) >= 11 is 0. The standard InChI is InChI=1S/C20H20N6O3/c1-14-12-17(24-29-14)23-18(27)15-4-2-5-16(13-15)19(28)25-8-10-26(11-9-25)20-21-6-3-7-22-20/h2-7,12-13H,8-11H2,1H3,(H,23,24,27). The van der Waals surface area contributed by atoms with Gasteiger partial charge in [0.05, 0.1) is 0 Å². The second-order valence-corrected chi connectivity index (χ2v) is 6.69. The number of nitrogens with zero attached hydrogens (tertiary/aromatic N) is 5. The van der Waals surface area contributed by atoms with Crippen molar-refractivity contribution in [3.05, 3.63) is 65.7 Å². The molecule has 0 radical (unpaired) electrons. The normalized spacial score (nSPS) is 14.0. The second kappa shape index (κ2) is 8.09. The van der Waals surface area contributed by atoms with Gasteiger partial charge in [0.15, 0.2) is 5.82 Å². The highest BCUT2D eigenvalue weighted by Gasteiger charge is 2.24. The second-order valence-electron chi connectivity index (χ2n) is 6.69. The summed E-state index contributed by atoms with van der Waals surface area (Å²) in [6.45, 7) is 4.17. The van der Waals surface area contributed by atoms with E-state index in [1.807, 2.05) is 4.90 Å². The summed E-state index contributed by atoms with van der Waals surface area (Å²) in [6, 6.07) is 10.1. The lowest BCUT2D eigenvalue weighted by Gasteiger charge is -2.34. The predicted molar refractivity (Wildman–Crippen MR) is 106 cm³/mol. The highest BCUT2D eigenvalue weighted by atomic mass is 16.5. The van der Waals surface area contributed by atoms with Crippen LogP contribution in [0.15, 0.2) is 53.3 Å². The number of piperazine rings is 1. The molecule has 3 aromatic rings. The Morgan fingerprint density at radius 1 is 1.00 bits per heavy atom. The number of rotatable bonds is 4. The van der Waals surface area contributed by atoms with E-state index in [0.29, 0.717) is 54.8 Å². The first-order chi connectivity index (χ1) is 14.1. The third-order valence-corrected chi connectivity index (χ3v) is 4.64. The molecule has 1 N–H and O–H groups in total. The molecule has 0 spiro atoms. The lowest BCUT2D eigenvalue weighted by molar-refractivity contribution is 0.0746. The first-order valence-electron chi connectivity index (χ1n) is 9.26. The molecule has 0 unspecified atom stereocenters. The van der Waals surface area contributed by atoms with Gasteiger partial charge in [0.1, 0.15) is 5.76 Å². The fourth-order valence-corrected chi connectivity index (χ4v) is 3.15. The average molecular weight is 392 g/mol. The van der Waals surface area contributed by atoms with Crippen molar-refractivity contribution in [1.82, 2.24) is 20.0 Å². The van der Waals surface area contributed by atoms with Gasteiger partial charge in [0.2, 0.25) is 5.95 Å². The summed E-state index contributed by atoms with van der Waals surface area (Å²) in [5.41, 5.74) is 0.853. The minimum Gasteiger partial charge on any atom is -0.360 e. The van der Waals surface area contributed by atoms with Crippen molar-refractivity contribution in [1.29, 1.82) is 0 Å². The zero-order valence-corrected chi connectivity index (χ0v) is 15.9. The van der Waals surface area contributed by atoms with Gasteiger partial charge in [-0.15, -0.1) is 0 Å². The lowest BCUT2D eigenvalue weighted by atomic mass is 10.1. The van der Waals surface area contributed by atoms with Crippen LogP contribution in [-0.2, 0) is 0 Å². The predicted octanol–water partition coefficient (Wildman–Crippen LogP) is 1.99. The summed E-state index contributed by atoms with van der Waals surface area (Å²) in [5, 5.41) is 6.41. The minimum absolute atomic E-state index is 0.106. The fraction of sp³-hybridized carbons (Fsp3) is 0.250. The van der Waals surface area contributed by atoms with E-state index in [1.54, 1.807) is 60.6 Å². The molecule has 1 aliphatic heterocycles. The number of carbonyl (C=O) groups is 2. The Bertz CT molecular complexity index is 1010. The third kappa shape index (κ3) is 4.23. The molecule has 9 nitrogen and oxygen atoms in total. The van der Waals surface area contributed by atoms with E-state index >= 15 is 0 Å². The van der Waals surface area contributed by atoms with E-state index < -0.39 is 0 Å². The summed E-state index contributed by atoms with van der Waals surface area (Å²) in [6.07, 6.45) is 3.41. The number of anilines is 2. The van der Waals surface area contributed by atoms with E-state index in [2.05, 4.69) is 20.4 Å². The number of hydrogen-bond donors (Lipinski definition) is 1. The summed E-state index contributed by atoms with van der Waals surface area (Å²) < 4.78 is 4.94. The summed E-state index contributed by atoms with van der Waals surface area (Å²) in [4.78, 5) is 37.7. The molecule has 0 saturated carbocycles. The first kappa shape index (κ1) is 18.6. The molecule has 1 aromatic carbocycles. The number of amides is 2. The van der Waals surface area contributed by atoms with Crippen molar-refractivity contribution < 1.29 is 14.1 Å². The number of nitrogens with one attached hydrogen (secondary N) is 1. The van der Waals surface area contributed by atoms with Crippen molar-refractivity contribution in [2.24, 2.45) is 0 Å². The first-order valence-corrected chi connectivity index (χ1v) is 9.26. The quantitative estimate of drug-likeness (QED) is 0.724. The van der Waals surface area contributed by atoms with Crippen molar-refractivity contribution in [3.8, 4) is 0 Å². The highest BCUT2D eigenvalue weighted by molar-refractivity contribution is 6.05. The molecule has 148 valence electrons. The summed E-state index contributed by atoms with van der Waals surface area (Å²) in [5.74, 6) is 1.15. The van der Waals surface area contributed by atoms with Crippen molar-refractivity contribution in [2.45, 2.75) is 6.92 Å². The van der Waals surface area contributed by atoms with E-state index in [9.17, 15) is 9.59 Å². The van der Waals surface area contributed by atoms with Crippen LogP contribution in [0.2, 0.25) is 0 Å². The Morgan fingerprint density at radius 3 is 2.41 bits per heavy atom. The van der Waals surface area contributed by atoms with Crippen LogP contribution in [-0.4, -0.2) is 58.0 Å². The van der Waals surface area contributed by atoms with Gasteiger partial charge in [-0.2, -0.15) is 0 Å². The maximum atomic E-state index is 12.9. The third-order valence-electron chi connectivity index (χ3n) is 4.64. The van der Waals surface area contributed by atoms with Gasteiger partial charge in [-0.05, 0) is 31.2 Å². The van der Waals surface area contributed by atoms with Gasteiger partial charge in [-0.3, -0.25) is 9.59 Å². The van der Waals surface area contributed by atoms with Crippen molar-refractivity contribution in [2.75, 3.05) is 36.4 Å². The lowest BCUT2D eigenvalue weighted by Crippen LogP contribution is -2.49. The Hall–Kier alpha value is -3.75. The van der Waals surface area contributed by atoms with Crippen LogP contribution in [0.4, 0.5) is 11.8 Å². The Labute approximate surface area is 167 Å². The zero-order chi connectivity index (χ0) is 20.2. The molecular weight excluding hydrogens is 372 g/mol. The van der Waals surface area contributed by atoms with Gasteiger partial charge in [0.25, 0.3) is 11.8 Å². The van der Waals surface area contributed by atoms with Gasteiger partial charge in [-0.1, -0.05) is 11.2 Å². The molecule has 2 amide bonds. The largest absolute Gasteiger partial charge is 0.360 e. The Morgan fingerprint density at radius 2 is 1.72 bits per heavy atom. The number of hydrogen-bond acceptors (Lipinski definition) is 7. The van der Waals surface area contributed by atoms with Crippen LogP contribution in [0.1, 0.15) is 26.5 Å². The van der Waals surface area contributed by atoms with Crippen LogP contribution < -0.4 is 10.2 Å². The van der Waals surface area contributed by atoms with Crippen LogP contribution in [0, 0.1) is 6.92 Å². The van der Waals surface area contributed by atoms with E-state index in [1.165, 1.54) is 0 Å². The summed E-state index contributed by atoms with van der Waals surface area (Å²) in [7, 11) is 0. The number of benzene rings is 1. The van der Waals surface area contributed by atoms with Crippen LogP contribution >= 0.6 is 0 Å². The molecular formula is C20H20N6O3. The highest BCUT2D eigenvalue weighted by Crippen LogP contribution is 2.15. The van der Waals surface area contributed by atoms with Gasteiger partial charge < -0.3 is 19.6 Å². The monoisotopic (exact) mass is 392 g/mol. The van der Waals surface area contributed by atoms with E-state index in [4.69, 9.17) is 4.52 Å². The van der Waals surface area contributed by atoms with Gasteiger partial charge in [-0.25, -0.2) is 9.97 Å². The van der Waals surface area contributed by atoms with Crippen molar-refractivity contribution in [3.63, 3.8) is 0 Å². The zero-order valence-electron chi connectivity index (χ0n) is 15.9. The molecule has 1 aliphatic rings. The molecule has 4 rings (SSSR count). The fourth-order valence-electron chi connectivity index (χ4n) is 3.15. The average Bonchev–Trinajstić information content (AvgIpc) is 3.18. The molecule has 3 heterocycles. The molecule has 9 heteroatoms. The molecule has 0 bridgehead atoms. The van der Waals surface area contributed by atoms with Crippen molar-refractivity contribution >= 4 is 23.6 Å². The molecule has 29 heavy (non-hydrogen) atoms. The minimum atomic E-state index is -0.348. The van der Waals surface area contributed by atoms with E-state index in [-0.39, 0.29) is 11.8 Å². The smallest absolute Gasteiger partial charge is 0.256 e. The maximum Gasteiger partial charge on any atom is 0.256 e. The van der Waals surface area contributed by atoms with E-state index in [0.717, 1.165) is 0 Å². The number of carbonyl (C=O) groups excluding carboxylic acids is 2. The maximum absolute atomic E-state index is 12.9. The molecule has 0 aliphatic carbocycles. The van der Waals surface area contributed by atoms with Crippen LogP contribution in [0.3, 0.4) is 0 Å². The molecule has 2 aromatic heterocycles. The van der Waals surface area contributed by atoms with Gasteiger partial charge >= 0.3 is 0 Å². The SMILES string of the molecule is Cc1cc(NC(=O)c2cccc(C(=O)N3CCN(c4ncccn4)CC3)c2)no1. The number of aryl methyl sites for hydroxylation is 1. The molecule has 0 atom stereocenters. The molecule has 1 saturated heterocycles. The number of aromatic nitrogens is 3. The van der Waals surface area contributed by atoms with Crippen LogP contribution in [0.5, 0.6) is 0 Å². The van der Waals surface area contributed by atoms with Crippen LogP contribution in [0.25, 0.3) is 0 Å². The Balaban J connectivity index is 1.40. The Kier molecular flexibility index (Phi) is 5.19. The topological polar surface area (TPSA) is 104 Å².